The highest BCUT2D eigenvalue weighted by Gasteiger charge is 2.12. The molecule has 0 spiro atoms. The average Bonchev–Trinajstić information content (AvgIpc) is 2.83. The number of aryl methyl sites for hydroxylation is 1. The van der Waals surface area contributed by atoms with Crippen LogP contribution in [0.2, 0.25) is 0 Å². The number of carboxylic acid groups (broad SMARTS) is 1. The van der Waals surface area contributed by atoms with Gasteiger partial charge in [-0.1, -0.05) is 29.8 Å². The van der Waals surface area contributed by atoms with Crippen LogP contribution in [0.1, 0.15) is 21.6 Å². The van der Waals surface area contributed by atoms with Crippen LogP contribution in [-0.4, -0.2) is 21.6 Å². The molecule has 1 aromatic carbocycles. The quantitative estimate of drug-likeness (QED) is 0.872. The lowest BCUT2D eigenvalue weighted by atomic mass is 10.1. The Hall–Kier alpha value is -2.56. The van der Waals surface area contributed by atoms with E-state index in [1.54, 1.807) is 18.3 Å². The average molecular weight is 272 g/mol. The normalized spacial score (nSPS) is 10.2. The monoisotopic (exact) mass is 272 g/mol. The number of hydrogen-bond donors (Lipinski definition) is 2. The van der Waals surface area contributed by atoms with Crippen LogP contribution in [-0.2, 0) is 17.9 Å². The summed E-state index contributed by atoms with van der Waals surface area (Å²) in [7, 11) is 0. The van der Waals surface area contributed by atoms with Crippen LogP contribution in [0, 0.1) is 6.92 Å². The van der Waals surface area contributed by atoms with Crippen molar-refractivity contribution in [1.82, 2.24) is 9.88 Å². The fraction of sp³-hybridized carbons (Fsp3) is 0.200. The van der Waals surface area contributed by atoms with Crippen LogP contribution in [0.4, 0.5) is 0 Å². The maximum atomic E-state index is 12.0. The highest BCUT2D eigenvalue weighted by atomic mass is 16.4. The van der Waals surface area contributed by atoms with Crippen LogP contribution in [0.15, 0.2) is 42.6 Å². The molecule has 0 unspecified atom stereocenters. The van der Waals surface area contributed by atoms with Crippen molar-refractivity contribution < 1.29 is 14.7 Å². The second-order valence-electron chi connectivity index (χ2n) is 4.59. The van der Waals surface area contributed by atoms with Crippen molar-refractivity contribution in [3.05, 3.63) is 59.4 Å². The molecule has 0 saturated carbocycles. The SMILES string of the molecule is Cc1cccc(CNC(=O)c2cccn2CC(=O)O)c1. The lowest BCUT2D eigenvalue weighted by Gasteiger charge is -2.08. The molecule has 0 aliphatic heterocycles. The molecule has 0 radical (unpaired) electrons. The van der Waals surface area contributed by atoms with Crippen LogP contribution in [0.25, 0.3) is 0 Å². The van der Waals surface area contributed by atoms with Crippen molar-refractivity contribution in [3.8, 4) is 0 Å². The molecule has 1 amide bonds. The van der Waals surface area contributed by atoms with E-state index in [4.69, 9.17) is 5.11 Å². The topological polar surface area (TPSA) is 71.3 Å². The fourth-order valence-corrected chi connectivity index (χ4v) is 2.00. The van der Waals surface area contributed by atoms with E-state index in [1.807, 2.05) is 31.2 Å². The summed E-state index contributed by atoms with van der Waals surface area (Å²) in [5.41, 5.74) is 2.49. The summed E-state index contributed by atoms with van der Waals surface area (Å²) in [5.74, 6) is -1.26. The van der Waals surface area contributed by atoms with E-state index in [0.717, 1.165) is 11.1 Å². The summed E-state index contributed by atoms with van der Waals surface area (Å²) in [6, 6.07) is 11.1. The first-order valence-electron chi connectivity index (χ1n) is 6.27. The number of aliphatic carboxylic acids is 1. The molecule has 0 aliphatic carbocycles. The second-order valence-corrected chi connectivity index (χ2v) is 4.59. The molecule has 2 N–H and O–H groups in total. The smallest absolute Gasteiger partial charge is 0.323 e. The van der Waals surface area contributed by atoms with E-state index >= 15 is 0 Å². The van der Waals surface area contributed by atoms with Gasteiger partial charge >= 0.3 is 5.97 Å². The van der Waals surface area contributed by atoms with Crippen LogP contribution in [0.5, 0.6) is 0 Å². The van der Waals surface area contributed by atoms with Crippen molar-refractivity contribution in [1.29, 1.82) is 0 Å². The van der Waals surface area contributed by atoms with Gasteiger partial charge in [-0.3, -0.25) is 9.59 Å². The van der Waals surface area contributed by atoms with Crippen molar-refractivity contribution in [2.24, 2.45) is 0 Å². The molecule has 20 heavy (non-hydrogen) atoms. The number of nitrogens with zero attached hydrogens (tertiary/aromatic N) is 1. The number of rotatable bonds is 5. The van der Waals surface area contributed by atoms with Crippen molar-refractivity contribution in [2.45, 2.75) is 20.0 Å². The molecular weight excluding hydrogens is 256 g/mol. The number of amides is 1. The number of benzene rings is 1. The molecule has 5 nitrogen and oxygen atoms in total. The molecule has 104 valence electrons. The number of nitrogens with one attached hydrogen (secondary N) is 1. The minimum Gasteiger partial charge on any atom is -0.480 e. The molecule has 0 aliphatic rings. The van der Waals surface area contributed by atoms with E-state index in [0.29, 0.717) is 12.2 Å². The molecule has 1 heterocycles. The van der Waals surface area contributed by atoms with Crippen LogP contribution >= 0.6 is 0 Å². The maximum Gasteiger partial charge on any atom is 0.323 e. The maximum absolute atomic E-state index is 12.0. The first-order valence-corrected chi connectivity index (χ1v) is 6.27. The molecule has 0 fully saturated rings. The predicted octanol–water partition coefficient (Wildman–Crippen LogP) is 1.81. The number of carboxylic acids is 1. The second kappa shape index (κ2) is 6.06. The Morgan fingerprint density at radius 1 is 1.25 bits per heavy atom. The van der Waals surface area contributed by atoms with E-state index in [2.05, 4.69) is 5.32 Å². The Morgan fingerprint density at radius 2 is 2.05 bits per heavy atom. The van der Waals surface area contributed by atoms with Gasteiger partial charge in [0.1, 0.15) is 12.2 Å². The third-order valence-electron chi connectivity index (χ3n) is 2.90. The Labute approximate surface area is 116 Å². The van der Waals surface area contributed by atoms with Crippen molar-refractivity contribution >= 4 is 11.9 Å². The number of hydrogen-bond acceptors (Lipinski definition) is 2. The fourth-order valence-electron chi connectivity index (χ4n) is 2.00. The summed E-state index contributed by atoms with van der Waals surface area (Å²) >= 11 is 0. The van der Waals surface area contributed by atoms with Crippen LogP contribution in [0.3, 0.4) is 0 Å². The lowest BCUT2D eigenvalue weighted by molar-refractivity contribution is -0.137. The van der Waals surface area contributed by atoms with E-state index in [9.17, 15) is 9.59 Å². The van der Waals surface area contributed by atoms with Gasteiger partial charge < -0.3 is 15.0 Å². The molecule has 2 rings (SSSR count). The van der Waals surface area contributed by atoms with Gasteiger partial charge in [0.15, 0.2) is 0 Å². The van der Waals surface area contributed by atoms with Gasteiger partial charge in [0, 0.05) is 12.7 Å². The van der Waals surface area contributed by atoms with Gasteiger partial charge in [-0.15, -0.1) is 0 Å². The highest BCUT2D eigenvalue weighted by molar-refractivity contribution is 5.93. The number of carbonyl (C=O) groups is 2. The summed E-state index contributed by atoms with van der Waals surface area (Å²) in [5, 5.41) is 11.6. The van der Waals surface area contributed by atoms with Gasteiger partial charge in [-0.05, 0) is 24.6 Å². The number of carbonyl (C=O) groups excluding carboxylic acids is 1. The molecule has 5 heteroatoms. The molecule has 0 bridgehead atoms. The largest absolute Gasteiger partial charge is 0.480 e. The molecule has 0 saturated heterocycles. The Kier molecular flexibility index (Phi) is 4.20. The van der Waals surface area contributed by atoms with E-state index < -0.39 is 5.97 Å². The molecule has 1 aromatic heterocycles. The standard InChI is InChI=1S/C15H16N2O3/c1-11-4-2-5-12(8-11)9-16-15(20)13-6-3-7-17(13)10-14(18)19/h2-8H,9-10H2,1H3,(H,16,20)(H,18,19). The van der Waals surface area contributed by atoms with Gasteiger partial charge in [-0.25, -0.2) is 0 Å². The zero-order valence-corrected chi connectivity index (χ0v) is 11.2. The molecule has 2 aromatic rings. The van der Waals surface area contributed by atoms with Crippen molar-refractivity contribution in [2.75, 3.05) is 0 Å². The zero-order valence-electron chi connectivity index (χ0n) is 11.2. The molecule has 0 atom stereocenters. The third kappa shape index (κ3) is 3.47. The van der Waals surface area contributed by atoms with Gasteiger partial charge in [-0.2, -0.15) is 0 Å². The first kappa shape index (κ1) is 13.9. The third-order valence-corrected chi connectivity index (χ3v) is 2.90. The zero-order chi connectivity index (χ0) is 14.5. The molecular formula is C15H16N2O3. The highest BCUT2D eigenvalue weighted by Crippen LogP contribution is 2.06. The Balaban J connectivity index is 2.02. The Morgan fingerprint density at radius 3 is 2.75 bits per heavy atom. The van der Waals surface area contributed by atoms with Gasteiger partial charge in [0.2, 0.25) is 0 Å². The summed E-state index contributed by atoms with van der Waals surface area (Å²) in [6.07, 6.45) is 1.58. The lowest BCUT2D eigenvalue weighted by Crippen LogP contribution is -2.26. The summed E-state index contributed by atoms with van der Waals surface area (Å²) in [6.45, 7) is 2.18. The summed E-state index contributed by atoms with van der Waals surface area (Å²) in [4.78, 5) is 22.7. The van der Waals surface area contributed by atoms with Crippen molar-refractivity contribution in [3.63, 3.8) is 0 Å². The minimum atomic E-state index is -0.978. The summed E-state index contributed by atoms with van der Waals surface area (Å²) < 4.78 is 1.41. The van der Waals surface area contributed by atoms with Gasteiger partial charge in [0.25, 0.3) is 5.91 Å². The number of aromatic nitrogens is 1. The van der Waals surface area contributed by atoms with E-state index in [1.165, 1.54) is 4.57 Å². The first-order chi connectivity index (χ1) is 9.56. The Bertz CT molecular complexity index is 632. The predicted molar refractivity (Wildman–Crippen MR) is 74.4 cm³/mol. The minimum absolute atomic E-state index is 0.222. The van der Waals surface area contributed by atoms with E-state index in [-0.39, 0.29) is 12.5 Å². The van der Waals surface area contributed by atoms with Crippen LogP contribution < -0.4 is 5.32 Å². The van der Waals surface area contributed by atoms with Gasteiger partial charge in [0.05, 0.1) is 0 Å².